The summed E-state index contributed by atoms with van der Waals surface area (Å²) in [6.07, 6.45) is 0.223. The molecule has 7 heteroatoms. The van der Waals surface area contributed by atoms with Crippen molar-refractivity contribution in [1.29, 1.82) is 0 Å². The lowest BCUT2D eigenvalue weighted by Gasteiger charge is -2.07. The molecule has 3 N–H and O–H groups in total. The predicted molar refractivity (Wildman–Crippen MR) is 78.5 cm³/mol. The first kappa shape index (κ1) is 13.0. The summed E-state index contributed by atoms with van der Waals surface area (Å²) in [5.41, 5.74) is 8.16. The lowest BCUT2D eigenvalue weighted by atomic mass is 10.3. The second-order valence-electron chi connectivity index (χ2n) is 4.65. The molecule has 0 aliphatic rings. The molecule has 0 bridgehead atoms. The third-order valence-electron chi connectivity index (χ3n) is 3.11. The molecule has 0 spiro atoms. The van der Waals surface area contributed by atoms with Gasteiger partial charge in [-0.25, -0.2) is 4.98 Å². The Morgan fingerprint density at radius 2 is 2.05 bits per heavy atom. The van der Waals surface area contributed by atoms with Crippen LogP contribution in [-0.4, -0.2) is 30.8 Å². The number of imidazole rings is 1. The van der Waals surface area contributed by atoms with Crippen LogP contribution in [0, 0.1) is 6.92 Å². The van der Waals surface area contributed by atoms with Crippen molar-refractivity contribution in [2.45, 2.75) is 13.3 Å². The highest BCUT2D eigenvalue weighted by atomic mass is 16.4. The molecule has 2 aromatic heterocycles. The molecular weight excluding hydrogens is 268 g/mol. The number of fused-ring (bicyclic) bond motifs is 1. The lowest BCUT2D eigenvalue weighted by Crippen LogP contribution is -2.18. The first-order valence-electron chi connectivity index (χ1n) is 6.42. The Hall–Kier alpha value is -2.96. The molecule has 21 heavy (non-hydrogen) atoms. The van der Waals surface area contributed by atoms with Crippen LogP contribution in [0.15, 0.2) is 41.6 Å². The summed E-state index contributed by atoms with van der Waals surface area (Å²) in [6, 6.07) is 11.4. The second-order valence-corrected chi connectivity index (χ2v) is 4.65. The van der Waals surface area contributed by atoms with Gasteiger partial charge in [0.05, 0.1) is 23.1 Å². The fourth-order valence-electron chi connectivity index (χ4n) is 2.16. The van der Waals surface area contributed by atoms with Crippen molar-refractivity contribution in [2.24, 2.45) is 10.9 Å². The van der Waals surface area contributed by atoms with E-state index < -0.39 is 0 Å². The minimum absolute atomic E-state index is 0.0895. The maximum absolute atomic E-state index is 8.77. The first-order chi connectivity index (χ1) is 10.2. The van der Waals surface area contributed by atoms with Gasteiger partial charge in [0.1, 0.15) is 11.7 Å². The molecule has 106 valence electrons. The van der Waals surface area contributed by atoms with E-state index in [1.165, 1.54) is 0 Å². The molecule has 1 aromatic carbocycles. The molecule has 0 radical (unpaired) electrons. The summed E-state index contributed by atoms with van der Waals surface area (Å²) < 4.78 is 1.86. The quantitative estimate of drug-likeness (QED) is 0.327. The van der Waals surface area contributed by atoms with Crippen LogP contribution in [0.1, 0.15) is 11.5 Å². The number of nitrogens with zero attached hydrogens (tertiary/aromatic N) is 5. The van der Waals surface area contributed by atoms with E-state index in [0.29, 0.717) is 11.6 Å². The SMILES string of the molecule is Cc1ccc(-n2c(CC(N)=NO)nc3ccccc32)nn1. The maximum Gasteiger partial charge on any atom is 0.161 e. The summed E-state index contributed by atoms with van der Waals surface area (Å²) >= 11 is 0. The van der Waals surface area contributed by atoms with Crippen LogP contribution in [0.2, 0.25) is 0 Å². The normalized spacial score (nSPS) is 12.0. The number of aromatic nitrogens is 4. The van der Waals surface area contributed by atoms with Crippen molar-refractivity contribution < 1.29 is 5.21 Å². The van der Waals surface area contributed by atoms with E-state index >= 15 is 0 Å². The Bertz CT molecular complexity index is 806. The van der Waals surface area contributed by atoms with Gasteiger partial charge >= 0.3 is 0 Å². The molecule has 0 unspecified atom stereocenters. The minimum Gasteiger partial charge on any atom is -0.409 e. The number of aryl methyl sites for hydroxylation is 1. The molecule has 0 aliphatic carbocycles. The summed E-state index contributed by atoms with van der Waals surface area (Å²) in [4.78, 5) is 4.52. The minimum atomic E-state index is 0.0895. The smallest absolute Gasteiger partial charge is 0.161 e. The molecule has 2 heterocycles. The number of rotatable bonds is 3. The maximum atomic E-state index is 8.77. The van der Waals surface area contributed by atoms with E-state index in [1.54, 1.807) is 0 Å². The third-order valence-corrected chi connectivity index (χ3v) is 3.11. The fourth-order valence-corrected chi connectivity index (χ4v) is 2.16. The van der Waals surface area contributed by atoms with Gasteiger partial charge in [-0.05, 0) is 31.2 Å². The summed E-state index contributed by atoms with van der Waals surface area (Å²) in [5, 5.41) is 20.0. The molecular formula is C14H14N6O. The van der Waals surface area contributed by atoms with Gasteiger partial charge in [0, 0.05) is 0 Å². The van der Waals surface area contributed by atoms with Crippen LogP contribution in [0.3, 0.4) is 0 Å². The highest BCUT2D eigenvalue weighted by Gasteiger charge is 2.14. The Morgan fingerprint density at radius 1 is 1.24 bits per heavy atom. The highest BCUT2D eigenvalue weighted by molar-refractivity contribution is 5.84. The lowest BCUT2D eigenvalue weighted by molar-refractivity contribution is 0.317. The third kappa shape index (κ3) is 2.40. The monoisotopic (exact) mass is 282 g/mol. The Morgan fingerprint density at radius 3 is 2.76 bits per heavy atom. The number of amidine groups is 1. The zero-order chi connectivity index (χ0) is 14.8. The van der Waals surface area contributed by atoms with E-state index in [0.717, 1.165) is 16.7 Å². The van der Waals surface area contributed by atoms with Crippen molar-refractivity contribution in [1.82, 2.24) is 19.7 Å². The van der Waals surface area contributed by atoms with Gasteiger partial charge in [-0.1, -0.05) is 17.3 Å². The van der Waals surface area contributed by atoms with Crippen LogP contribution in [0.4, 0.5) is 0 Å². The van der Waals surface area contributed by atoms with E-state index in [9.17, 15) is 0 Å². The van der Waals surface area contributed by atoms with Crippen molar-refractivity contribution in [3.63, 3.8) is 0 Å². The van der Waals surface area contributed by atoms with Crippen LogP contribution in [0.5, 0.6) is 0 Å². The van der Waals surface area contributed by atoms with Gasteiger partial charge in [-0.2, -0.15) is 5.10 Å². The summed E-state index contributed by atoms with van der Waals surface area (Å²) in [5.74, 6) is 1.38. The standard InChI is InChI=1S/C14H14N6O/c1-9-6-7-13(18-17-9)20-11-5-3-2-4-10(11)16-14(20)8-12(15)19-21/h2-7,21H,8H2,1H3,(H2,15,19). The van der Waals surface area contributed by atoms with Crippen molar-refractivity contribution in [3.8, 4) is 5.82 Å². The average Bonchev–Trinajstić information content (AvgIpc) is 2.86. The summed E-state index contributed by atoms with van der Waals surface area (Å²) in [6.45, 7) is 1.88. The van der Waals surface area contributed by atoms with Gasteiger partial charge in [-0.3, -0.25) is 4.57 Å². The Balaban J connectivity index is 2.22. The van der Waals surface area contributed by atoms with Crippen molar-refractivity contribution >= 4 is 16.9 Å². The second kappa shape index (κ2) is 5.20. The predicted octanol–water partition coefficient (Wildman–Crippen LogP) is 1.41. The Labute approximate surface area is 120 Å². The Kier molecular flexibility index (Phi) is 3.23. The van der Waals surface area contributed by atoms with E-state index in [2.05, 4.69) is 20.3 Å². The molecule has 3 rings (SSSR count). The number of oxime groups is 1. The molecule has 0 atom stereocenters. The number of hydrogen-bond acceptors (Lipinski definition) is 5. The van der Waals surface area contributed by atoms with Crippen LogP contribution >= 0.6 is 0 Å². The van der Waals surface area contributed by atoms with Gasteiger partial charge < -0.3 is 10.9 Å². The van der Waals surface area contributed by atoms with E-state index in [-0.39, 0.29) is 12.3 Å². The van der Waals surface area contributed by atoms with Crippen molar-refractivity contribution in [2.75, 3.05) is 0 Å². The van der Waals surface area contributed by atoms with Gasteiger partial charge in [0.2, 0.25) is 0 Å². The zero-order valence-corrected chi connectivity index (χ0v) is 11.4. The van der Waals surface area contributed by atoms with Gasteiger partial charge in [-0.15, -0.1) is 5.10 Å². The number of para-hydroxylation sites is 2. The molecule has 0 saturated carbocycles. The molecule has 7 nitrogen and oxygen atoms in total. The number of benzene rings is 1. The molecule has 0 fully saturated rings. The summed E-state index contributed by atoms with van der Waals surface area (Å²) in [7, 11) is 0. The first-order valence-corrected chi connectivity index (χ1v) is 6.42. The molecule has 0 aliphatic heterocycles. The zero-order valence-electron chi connectivity index (χ0n) is 11.4. The number of nitrogens with two attached hydrogens (primary N) is 1. The largest absolute Gasteiger partial charge is 0.409 e. The number of hydrogen-bond donors (Lipinski definition) is 2. The van der Waals surface area contributed by atoms with Crippen LogP contribution in [0.25, 0.3) is 16.9 Å². The topological polar surface area (TPSA) is 102 Å². The van der Waals surface area contributed by atoms with Gasteiger partial charge in [0.25, 0.3) is 0 Å². The van der Waals surface area contributed by atoms with E-state index in [4.69, 9.17) is 10.9 Å². The van der Waals surface area contributed by atoms with Crippen LogP contribution in [-0.2, 0) is 6.42 Å². The van der Waals surface area contributed by atoms with Crippen LogP contribution < -0.4 is 5.73 Å². The molecule has 0 amide bonds. The molecule has 0 saturated heterocycles. The average molecular weight is 282 g/mol. The van der Waals surface area contributed by atoms with E-state index in [1.807, 2.05) is 47.9 Å². The van der Waals surface area contributed by atoms with Crippen molar-refractivity contribution in [3.05, 3.63) is 47.9 Å². The fraction of sp³-hybridized carbons (Fsp3) is 0.143. The molecule has 3 aromatic rings. The highest BCUT2D eigenvalue weighted by Crippen LogP contribution is 2.20. The van der Waals surface area contributed by atoms with Gasteiger partial charge in [0.15, 0.2) is 5.82 Å².